The summed E-state index contributed by atoms with van der Waals surface area (Å²) in [5.41, 5.74) is 2.76. The zero-order valence-corrected chi connectivity index (χ0v) is 13.9. The minimum Gasteiger partial charge on any atom is -0.478 e. The molecule has 1 saturated heterocycles. The summed E-state index contributed by atoms with van der Waals surface area (Å²) in [5, 5.41) is 13.4. The molecule has 1 aliphatic heterocycles. The zero-order chi connectivity index (χ0) is 17.3. The minimum atomic E-state index is -0.953. The molecule has 1 fully saturated rings. The third-order valence-electron chi connectivity index (χ3n) is 4.67. The number of carbonyl (C=O) groups is 2. The Hall–Kier alpha value is -2.63. The molecule has 126 valence electrons. The summed E-state index contributed by atoms with van der Waals surface area (Å²) in [6.45, 7) is 5.08. The Bertz CT molecular complexity index is 756. The molecule has 2 aromatic rings. The SMILES string of the molecule is Cc1ccc(C(=O)N2CCC(n3ncc(C(=O)O)c3C)CC2)cc1. The van der Waals surface area contributed by atoms with Crippen LogP contribution < -0.4 is 0 Å². The van der Waals surface area contributed by atoms with Crippen molar-refractivity contribution in [1.29, 1.82) is 0 Å². The molecule has 0 atom stereocenters. The van der Waals surface area contributed by atoms with Crippen LogP contribution in [0, 0.1) is 13.8 Å². The topological polar surface area (TPSA) is 75.4 Å². The van der Waals surface area contributed by atoms with Crippen LogP contribution in [0.25, 0.3) is 0 Å². The van der Waals surface area contributed by atoms with Crippen molar-refractivity contribution in [3.8, 4) is 0 Å². The summed E-state index contributed by atoms with van der Waals surface area (Å²) in [5.74, 6) is -0.900. The van der Waals surface area contributed by atoms with Crippen molar-refractivity contribution >= 4 is 11.9 Å². The first-order valence-corrected chi connectivity index (χ1v) is 8.10. The maximum Gasteiger partial charge on any atom is 0.339 e. The molecule has 2 heterocycles. The van der Waals surface area contributed by atoms with E-state index in [0.29, 0.717) is 24.3 Å². The van der Waals surface area contributed by atoms with E-state index in [2.05, 4.69) is 5.10 Å². The average Bonchev–Trinajstić information content (AvgIpc) is 2.97. The quantitative estimate of drug-likeness (QED) is 0.940. The van der Waals surface area contributed by atoms with Gasteiger partial charge in [-0.15, -0.1) is 0 Å². The highest BCUT2D eigenvalue weighted by atomic mass is 16.4. The van der Waals surface area contributed by atoms with Crippen molar-refractivity contribution in [3.05, 3.63) is 52.8 Å². The monoisotopic (exact) mass is 327 g/mol. The van der Waals surface area contributed by atoms with E-state index < -0.39 is 5.97 Å². The number of carboxylic acids is 1. The Morgan fingerprint density at radius 2 is 1.75 bits per heavy atom. The third-order valence-corrected chi connectivity index (χ3v) is 4.67. The van der Waals surface area contributed by atoms with Gasteiger partial charge in [0, 0.05) is 18.7 Å². The first-order chi connectivity index (χ1) is 11.5. The first kappa shape index (κ1) is 16.2. The number of hydrogen-bond acceptors (Lipinski definition) is 3. The molecule has 1 N–H and O–H groups in total. The fraction of sp³-hybridized carbons (Fsp3) is 0.389. The molecule has 0 unspecified atom stereocenters. The average molecular weight is 327 g/mol. The van der Waals surface area contributed by atoms with E-state index in [-0.39, 0.29) is 17.5 Å². The lowest BCUT2D eigenvalue weighted by Crippen LogP contribution is -2.39. The van der Waals surface area contributed by atoms with Gasteiger partial charge in [-0.05, 0) is 38.8 Å². The molecule has 3 rings (SSSR count). The van der Waals surface area contributed by atoms with Gasteiger partial charge in [0.2, 0.25) is 0 Å². The molecule has 24 heavy (non-hydrogen) atoms. The summed E-state index contributed by atoms with van der Waals surface area (Å²) >= 11 is 0. The Labute approximate surface area is 140 Å². The van der Waals surface area contributed by atoms with Crippen molar-refractivity contribution in [2.24, 2.45) is 0 Å². The standard InChI is InChI=1S/C18H21N3O3/c1-12-3-5-14(6-4-12)17(22)20-9-7-15(8-10-20)21-13(2)16(11-19-21)18(23)24/h3-6,11,15H,7-10H2,1-2H3,(H,23,24). The second-order valence-electron chi connectivity index (χ2n) is 6.28. The van der Waals surface area contributed by atoms with Gasteiger partial charge in [-0.25, -0.2) is 4.79 Å². The van der Waals surface area contributed by atoms with Crippen molar-refractivity contribution in [2.75, 3.05) is 13.1 Å². The Kier molecular flexibility index (Phi) is 4.38. The van der Waals surface area contributed by atoms with E-state index in [1.54, 1.807) is 11.6 Å². The molecule has 1 amide bonds. The highest BCUT2D eigenvalue weighted by molar-refractivity contribution is 5.94. The van der Waals surface area contributed by atoms with Crippen LogP contribution in [0.15, 0.2) is 30.5 Å². The number of amides is 1. The van der Waals surface area contributed by atoms with Crippen molar-refractivity contribution in [3.63, 3.8) is 0 Å². The number of benzene rings is 1. The maximum absolute atomic E-state index is 12.5. The van der Waals surface area contributed by atoms with Crippen LogP contribution in [0.2, 0.25) is 0 Å². The van der Waals surface area contributed by atoms with Crippen LogP contribution in [0.3, 0.4) is 0 Å². The number of nitrogens with zero attached hydrogens (tertiary/aromatic N) is 3. The fourth-order valence-electron chi connectivity index (χ4n) is 3.19. The smallest absolute Gasteiger partial charge is 0.339 e. The van der Waals surface area contributed by atoms with Gasteiger partial charge in [0.15, 0.2) is 0 Å². The van der Waals surface area contributed by atoms with Gasteiger partial charge in [0.05, 0.1) is 17.9 Å². The number of aromatic nitrogens is 2. The molecule has 0 saturated carbocycles. The summed E-state index contributed by atoms with van der Waals surface area (Å²) in [6.07, 6.45) is 2.96. The largest absolute Gasteiger partial charge is 0.478 e. The predicted octanol–water partition coefficient (Wildman–Crippen LogP) is 2.68. The van der Waals surface area contributed by atoms with Crippen LogP contribution in [0.4, 0.5) is 0 Å². The van der Waals surface area contributed by atoms with E-state index in [9.17, 15) is 9.59 Å². The molecule has 0 bridgehead atoms. The number of aryl methyl sites for hydroxylation is 1. The fourth-order valence-corrected chi connectivity index (χ4v) is 3.19. The van der Waals surface area contributed by atoms with Gasteiger partial charge in [0.25, 0.3) is 5.91 Å². The van der Waals surface area contributed by atoms with E-state index in [4.69, 9.17) is 5.11 Å². The highest BCUT2D eigenvalue weighted by Crippen LogP contribution is 2.25. The van der Waals surface area contributed by atoms with Gasteiger partial charge in [-0.3, -0.25) is 9.48 Å². The third kappa shape index (κ3) is 3.04. The molecule has 6 nitrogen and oxygen atoms in total. The Morgan fingerprint density at radius 3 is 2.29 bits per heavy atom. The lowest BCUT2D eigenvalue weighted by molar-refractivity contribution is 0.0688. The van der Waals surface area contributed by atoms with E-state index in [1.807, 2.05) is 36.1 Å². The number of piperidine rings is 1. The van der Waals surface area contributed by atoms with E-state index in [0.717, 1.165) is 18.4 Å². The molecule has 6 heteroatoms. The zero-order valence-electron chi connectivity index (χ0n) is 13.9. The van der Waals surface area contributed by atoms with Crippen molar-refractivity contribution in [2.45, 2.75) is 32.7 Å². The molecule has 0 spiro atoms. The number of hydrogen-bond donors (Lipinski definition) is 1. The van der Waals surface area contributed by atoms with Crippen LogP contribution in [0.5, 0.6) is 0 Å². The van der Waals surface area contributed by atoms with Gasteiger partial charge >= 0.3 is 5.97 Å². The molecule has 1 aromatic carbocycles. The normalized spacial score (nSPS) is 15.5. The van der Waals surface area contributed by atoms with E-state index >= 15 is 0 Å². The minimum absolute atomic E-state index is 0.0527. The molecule has 0 aliphatic carbocycles. The van der Waals surface area contributed by atoms with Crippen molar-refractivity contribution < 1.29 is 14.7 Å². The van der Waals surface area contributed by atoms with E-state index in [1.165, 1.54) is 6.20 Å². The molecule has 1 aromatic heterocycles. The number of aromatic carboxylic acids is 1. The summed E-state index contributed by atoms with van der Waals surface area (Å²) < 4.78 is 1.79. The number of likely N-dealkylation sites (tertiary alicyclic amines) is 1. The second-order valence-corrected chi connectivity index (χ2v) is 6.28. The number of carbonyl (C=O) groups excluding carboxylic acids is 1. The van der Waals surface area contributed by atoms with Crippen LogP contribution in [-0.4, -0.2) is 44.8 Å². The molecular weight excluding hydrogens is 306 g/mol. The predicted molar refractivity (Wildman–Crippen MR) is 89.3 cm³/mol. The molecular formula is C18H21N3O3. The number of carboxylic acid groups (broad SMARTS) is 1. The van der Waals surface area contributed by atoms with Crippen LogP contribution in [-0.2, 0) is 0 Å². The van der Waals surface area contributed by atoms with Gasteiger partial charge in [0.1, 0.15) is 5.56 Å². The van der Waals surface area contributed by atoms with Gasteiger partial charge in [-0.1, -0.05) is 17.7 Å². The summed E-state index contributed by atoms with van der Waals surface area (Å²) in [6, 6.07) is 7.75. The number of rotatable bonds is 3. The summed E-state index contributed by atoms with van der Waals surface area (Å²) in [4.78, 5) is 25.5. The van der Waals surface area contributed by atoms with Crippen LogP contribution in [0.1, 0.15) is 50.9 Å². The maximum atomic E-state index is 12.5. The van der Waals surface area contributed by atoms with Crippen molar-refractivity contribution in [1.82, 2.24) is 14.7 Å². The van der Waals surface area contributed by atoms with Crippen LogP contribution >= 0.6 is 0 Å². The van der Waals surface area contributed by atoms with Gasteiger partial charge < -0.3 is 10.0 Å². The molecule has 0 radical (unpaired) electrons. The lowest BCUT2D eigenvalue weighted by Gasteiger charge is -2.32. The Balaban J connectivity index is 1.66. The first-order valence-electron chi connectivity index (χ1n) is 8.10. The Morgan fingerprint density at radius 1 is 1.12 bits per heavy atom. The summed E-state index contributed by atoms with van der Waals surface area (Å²) in [7, 11) is 0. The highest BCUT2D eigenvalue weighted by Gasteiger charge is 2.27. The molecule has 1 aliphatic rings. The lowest BCUT2D eigenvalue weighted by atomic mass is 10.0. The second kappa shape index (κ2) is 6.47. The van der Waals surface area contributed by atoms with Gasteiger partial charge in [-0.2, -0.15) is 5.10 Å².